The zero-order valence-electron chi connectivity index (χ0n) is 21.1. The van der Waals surface area contributed by atoms with Crippen LogP contribution < -0.4 is 0 Å². The van der Waals surface area contributed by atoms with Gasteiger partial charge in [-0.2, -0.15) is 0 Å². The molecule has 0 aromatic heterocycles. The van der Waals surface area contributed by atoms with Crippen LogP contribution >= 0.6 is 0 Å². The van der Waals surface area contributed by atoms with Crippen molar-refractivity contribution in [3.05, 3.63) is 34.0 Å². The smallest absolute Gasteiger partial charge is 0.252 e. The van der Waals surface area contributed by atoms with Crippen LogP contribution in [0, 0.1) is 0 Å². The number of carbonyl (C=O) groups excluding carboxylic acids is 3. The summed E-state index contributed by atoms with van der Waals surface area (Å²) in [6, 6.07) is 0. The fourth-order valence-electron chi connectivity index (χ4n) is 3.68. The maximum atomic E-state index is 11.3. The van der Waals surface area contributed by atoms with Gasteiger partial charge in [-0.05, 0) is 38.5 Å². The molecule has 3 rings (SSSR count). The van der Waals surface area contributed by atoms with Gasteiger partial charge in [0.25, 0.3) is 17.7 Å². The minimum atomic E-state index is -0.0556. The van der Waals surface area contributed by atoms with Gasteiger partial charge in [0.1, 0.15) is 17.3 Å². The number of nitrogens with zero attached hydrogens (tertiary/aromatic N) is 3. The molecule has 0 bridgehead atoms. The second-order valence-corrected chi connectivity index (χ2v) is 8.94. The van der Waals surface area contributed by atoms with E-state index < -0.39 is 0 Å². The van der Waals surface area contributed by atoms with Crippen molar-refractivity contribution in [1.29, 1.82) is 0 Å². The molecule has 0 aromatic carbocycles. The summed E-state index contributed by atoms with van der Waals surface area (Å²) < 4.78 is 0. The molecule has 3 aliphatic carbocycles. The van der Waals surface area contributed by atoms with Gasteiger partial charge in [0.2, 0.25) is 0 Å². The summed E-state index contributed by atoms with van der Waals surface area (Å²) in [4.78, 5) is 38.3. The van der Waals surface area contributed by atoms with E-state index in [2.05, 4.69) is 0 Å². The van der Waals surface area contributed by atoms with Gasteiger partial charge >= 0.3 is 0 Å². The molecule has 0 unspecified atom stereocenters. The number of likely N-dealkylation sites (N-methyl/N-ethyl adjacent to an activating group) is 3. The van der Waals surface area contributed by atoms with Crippen LogP contribution in [0.4, 0.5) is 0 Å². The Labute approximate surface area is 213 Å². The van der Waals surface area contributed by atoms with Crippen molar-refractivity contribution in [2.75, 3.05) is 42.3 Å². The molecule has 0 aromatic rings. The first-order valence-electron chi connectivity index (χ1n) is 11.3. The molecular formula is C24H39FeN3O6. The van der Waals surface area contributed by atoms with E-state index in [4.69, 9.17) is 0 Å². The molecule has 194 valence electrons. The second kappa shape index (κ2) is 14.7. The van der Waals surface area contributed by atoms with E-state index in [0.29, 0.717) is 36.0 Å². The number of rotatable bonds is 3. The van der Waals surface area contributed by atoms with Crippen LogP contribution in [-0.2, 0) is 31.5 Å². The van der Waals surface area contributed by atoms with Gasteiger partial charge in [-0.25, -0.2) is 0 Å². The molecule has 0 radical (unpaired) electrons. The van der Waals surface area contributed by atoms with E-state index in [9.17, 15) is 29.7 Å². The van der Waals surface area contributed by atoms with E-state index in [-0.39, 0.29) is 52.1 Å². The van der Waals surface area contributed by atoms with E-state index in [1.54, 1.807) is 42.3 Å². The van der Waals surface area contributed by atoms with Crippen LogP contribution in [0.3, 0.4) is 0 Å². The Morgan fingerprint density at radius 2 is 0.706 bits per heavy atom. The number of aliphatic hydroxyl groups is 3. The largest absolute Gasteiger partial charge is 0.512 e. The summed E-state index contributed by atoms with van der Waals surface area (Å²) in [5.74, 6) is 0.677. The first kappa shape index (κ1) is 31.5. The third-order valence-electron chi connectivity index (χ3n) is 5.56. The quantitative estimate of drug-likeness (QED) is 0.491. The minimum absolute atomic E-state index is 0. The van der Waals surface area contributed by atoms with E-state index in [1.807, 2.05) is 0 Å². The molecule has 0 fully saturated rings. The summed E-state index contributed by atoms with van der Waals surface area (Å²) >= 11 is 0. The van der Waals surface area contributed by atoms with Gasteiger partial charge in [-0.15, -0.1) is 0 Å². The van der Waals surface area contributed by atoms with Crippen molar-refractivity contribution < 1.29 is 46.8 Å². The predicted molar refractivity (Wildman–Crippen MR) is 127 cm³/mol. The molecule has 34 heavy (non-hydrogen) atoms. The van der Waals surface area contributed by atoms with Gasteiger partial charge < -0.3 is 30.0 Å². The molecule has 0 saturated carbocycles. The van der Waals surface area contributed by atoms with Gasteiger partial charge in [0.15, 0.2) is 0 Å². The Morgan fingerprint density at radius 3 is 0.824 bits per heavy atom. The molecule has 0 spiro atoms. The number of amides is 3. The van der Waals surface area contributed by atoms with Crippen molar-refractivity contribution in [3.63, 3.8) is 0 Å². The minimum Gasteiger partial charge on any atom is -0.512 e. The van der Waals surface area contributed by atoms with Crippen LogP contribution in [0.5, 0.6) is 0 Å². The Balaban J connectivity index is 0.000000473. The van der Waals surface area contributed by atoms with E-state index in [0.717, 1.165) is 38.5 Å². The van der Waals surface area contributed by atoms with Crippen molar-refractivity contribution in [3.8, 4) is 0 Å². The monoisotopic (exact) mass is 521 g/mol. The SMILES string of the molecule is CN(C)C(=O)C1=C(O)CCC1.CN(C)C(=O)C1=C(O)CCC1.CN(C)C(=O)C1=C(O)CCC1.[Fe]. The summed E-state index contributed by atoms with van der Waals surface area (Å²) in [6.07, 6.45) is 6.87. The van der Waals surface area contributed by atoms with E-state index >= 15 is 0 Å². The van der Waals surface area contributed by atoms with Crippen LogP contribution in [0.25, 0.3) is 0 Å². The molecule has 9 nitrogen and oxygen atoms in total. The average molecular weight is 521 g/mol. The average Bonchev–Trinajstić information content (AvgIpc) is 3.48. The third-order valence-corrected chi connectivity index (χ3v) is 5.56. The fraction of sp³-hybridized carbons (Fsp3) is 0.625. The Hall–Kier alpha value is -2.45. The topological polar surface area (TPSA) is 122 Å². The third kappa shape index (κ3) is 9.06. The summed E-state index contributed by atoms with van der Waals surface area (Å²) in [5, 5.41) is 27.7. The van der Waals surface area contributed by atoms with Crippen molar-refractivity contribution in [2.24, 2.45) is 0 Å². The molecule has 3 amide bonds. The standard InChI is InChI=1S/3C8H13NO2.Fe/c3*1-9(2)8(11)6-4-3-5-7(6)10;/h3*10H,3-5H2,1-2H3;. The Morgan fingerprint density at radius 1 is 0.500 bits per heavy atom. The molecular weight excluding hydrogens is 482 g/mol. The Kier molecular flexibility index (Phi) is 13.7. The number of carbonyl (C=O) groups is 3. The summed E-state index contributed by atoms with van der Waals surface area (Å²) in [5.41, 5.74) is 1.78. The molecule has 10 heteroatoms. The second-order valence-electron chi connectivity index (χ2n) is 8.94. The molecule has 3 aliphatic rings. The van der Waals surface area contributed by atoms with E-state index in [1.165, 1.54) is 14.7 Å². The molecule has 0 aliphatic heterocycles. The number of hydrogen-bond donors (Lipinski definition) is 3. The van der Waals surface area contributed by atoms with Crippen molar-refractivity contribution in [2.45, 2.75) is 57.8 Å². The normalized spacial score (nSPS) is 16.8. The number of allylic oxidation sites excluding steroid dienone is 3. The van der Waals surface area contributed by atoms with Gasteiger partial charge in [0.05, 0.1) is 16.7 Å². The first-order chi connectivity index (χ1) is 15.4. The fourth-order valence-corrected chi connectivity index (χ4v) is 3.68. The zero-order chi connectivity index (χ0) is 25.3. The van der Waals surface area contributed by atoms with Crippen molar-refractivity contribution >= 4 is 17.7 Å². The maximum absolute atomic E-state index is 11.3. The molecule has 0 heterocycles. The first-order valence-corrected chi connectivity index (χ1v) is 11.3. The van der Waals surface area contributed by atoms with Crippen LogP contribution in [0.2, 0.25) is 0 Å². The zero-order valence-corrected chi connectivity index (χ0v) is 22.2. The number of aliphatic hydroxyl groups excluding tert-OH is 3. The number of hydrogen-bond acceptors (Lipinski definition) is 6. The maximum Gasteiger partial charge on any atom is 0.252 e. The van der Waals surface area contributed by atoms with Crippen LogP contribution in [0.15, 0.2) is 34.0 Å². The van der Waals surface area contributed by atoms with Gasteiger partial charge in [-0.1, -0.05) is 0 Å². The molecule has 0 saturated heterocycles. The van der Waals surface area contributed by atoms with Gasteiger partial charge in [0, 0.05) is 78.6 Å². The predicted octanol–water partition coefficient (Wildman–Crippen LogP) is 3.21. The Bertz CT molecular complexity index is 734. The van der Waals surface area contributed by atoms with Crippen molar-refractivity contribution in [1.82, 2.24) is 14.7 Å². The van der Waals surface area contributed by atoms with Gasteiger partial charge in [-0.3, -0.25) is 14.4 Å². The summed E-state index contributed by atoms with van der Waals surface area (Å²) in [7, 11) is 10.2. The van der Waals surface area contributed by atoms with Crippen LogP contribution in [0.1, 0.15) is 57.8 Å². The molecule has 3 N–H and O–H groups in total. The summed E-state index contributed by atoms with van der Waals surface area (Å²) in [6.45, 7) is 0. The van der Waals surface area contributed by atoms with Crippen LogP contribution in [-0.4, -0.2) is 90.0 Å². The molecule has 0 atom stereocenters.